The number of benzene rings is 1. The monoisotopic (exact) mass is 238 g/mol. The van der Waals surface area contributed by atoms with Crippen molar-refractivity contribution in [2.75, 3.05) is 6.16 Å². The van der Waals surface area contributed by atoms with E-state index in [1.807, 2.05) is 30.3 Å². The van der Waals surface area contributed by atoms with Crippen LogP contribution in [0.1, 0.15) is 26.7 Å². The molecular weight excluding hydrogens is 219 g/mol. The van der Waals surface area contributed by atoms with Gasteiger partial charge in [-0.15, -0.1) is 0 Å². The van der Waals surface area contributed by atoms with Gasteiger partial charge in [-0.2, -0.15) is 0 Å². The first-order chi connectivity index (χ1) is 7.44. The molecule has 0 spiro atoms. The highest BCUT2D eigenvalue weighted by atomic mass is 31.2. The first-order valence-electron chi connectivity index (χ1n) is 5.81. The van der Waals surface area contributed by atoms with Crippen LogP contribution in [-0.2, 0) is 4.57 Å². The maximum absolute atomic E-state index is 13.0. The van der Waals surface area contributed by atoms with E-state index in [2.05, 4.69) is 0 Å². The normalized spacial score (nSPS) is 30.6. The van der Waals surface area contributed by atoms with Crippen molar-refractivity contribution >= 4 is 12.4 Å². The Hall–Kier alpha value is -0.590. The highest BCUT2D eigenvalue weighted by molar-refractivity contribution is 7.72. The van der Waals surface area contributed by atoms with Crippen molar-refractivity contribution in [3.05, 3.63) is 30.3 Å². The average molecular weight is 238 g/mol. The van der Waals surface area contributed by atoms with Gasteiger partial charge in [0.25, 0.3) is 0 Å². The average Bonchev–Trinajstić information content (AvgIpc) is 2.63. The van der Waals surface area contributed by atoms with Crippen LogP contribution in [0.2, 0.25) is 0 Å². The number of aliphatic hydroxyl groups is 1. The number of hydrogen-bond acceptors (Lipinski definition) is 2. The summed E-state index contributed by atoms with van der Waals surface area (Å²) in [6.45, 7) is 3.55. The molecule has 1 heterocycles. The maximum Gasteiger partial charge on any atom is 0.121 e. The molecule has 1 fully saturated rings. The topological polar surface area (TPSA) is 37.3 Å². The maximum atomic E-state index is 13.0. The Morgan fingerprint density at radius 3 is 2.50 bits per heavy atom. The van der Waals surface area contributed by atoms with Crippen LogP contribution in [0, 0.1) is 0 Å². The fraction of sp³-hybridized carbons (Fsp3) is 0.538. The molecule has 1 aromatic rings. The van der Waals surface area contributed by atoms with Crippen molar-refractivity contribution in [1.82, 2.24) is 0 Å². The molecular formula is C13H19O2P. The largest absolute Gasteiger partial charge is 0.390 e. The first kappa shape index (κ1) is 11.9. The van der Waals surface area contributed by atoms with Crippen LogP contribution in [0.4, 0.5) is 0 Å². The van der Waals surface area contributed by atoms with Gasteiger partial charge in [-0.25, -0.2) is 0 Å². The van der Waals surface area contributed by atoms with Crippen LogP contribution in [0.25, 0.3) is 0 Å². The zero-order valence-corrected chi connectivity index (χ0v) is 10.8. The van der Waals surface area contributed by atoms with Gasteiger partial charge in [0.1, 0.15) is 7.14 Å². The van der Waals surface area contributed by atoms with Crippen molar-refractivity contribution in [2.24, 2.45) is 0 Å². The Morgan fingerprint density at radius 2 is 1.94 bits per heavy atom. The minimum absolute atomic E-state index is 0.0811. The summed E-state index contributed by atoms with van der Waals surface area (Å²) in [7, 11) is -2.40. The number of rotatable bonds is 2. The SMILES string of the molecule is CC(C)(O)C1CCC[P@]1(=O)c1ccccc1. The predicted octanol–water partition coefficient (Wildman–Crippen LogP) is 2.61. The first-order valence-corrected chi connectivity index (χ1v) is 7.77. The third kappa shape index (κ3) is 1.97. The summed E-state index contributed by atoms with van der Waals surface area (Å²) in [5, 5.41) is 11.1. The molecule has 0 saturated carbocycles. The minimum Gasteiger partial charge on any atom is -0.390 e. The Morgan fingerprint density at radius 1 is 1.31 bits per heavy atom. The van der Waals surface area contributed by atoms with Gasteiger partial charge in [0.15, 0.2) is 0 Å². The molecule has 16 heavy (non-hydrogen) atoms. The van der Waals surface area contributed by atoms with E-state index in [-0.39, 0.29) is 5.66 Å². The molecule has 1 saturated heterocycles. The van der Waals surface area contributed by atoms with Gasteiger partial charge in [-0.1, -0.05) is 30.3 Å². The van der Waals surface area contributed by atoms with Crippen molar-refractivity contribution in [2.45, 2.75) is 37.9 Å². The van der Waals surface area contributed by atoms with Gasteiger partial charge >= 0.3 is 0 Å². The molecule has 2 atom stereocenters. The summed E-state index contributed by atoms with van der Waals surface area (Å²) in [6, 6.07) is 9.66. The Kier molecular flexibility index (Phi) is 2.98. The van der Waals surface area contributed by atoms with Crippen LogP contribution >= 0.6 is 7.14 Å². The van der Waals surface area contributed by atoms with E-state index in [0.29, 0.717) is 0 Å². The predicted molar refractivity (Wildman–Crippen MR) is 67.9 cm³/mol. The van der Waals surface area contributed by atoms with Gasteiger partial charge < -0.3 is 9.67 Å². The minimum atomic E-state index is -2.40. The molecule has 1 unspecified atom stereocenters. The lowest BCUT2D eigenvalue weighted by Gasteiger charge is -2.31. The lowest BCUT2D eigenvalue weighted by molar-refractivity contribution is 0.0744. The Labute approximate surface area is 97.1 Å². The summed E-state index contributed by atoms with van der Waals surface area (Å²) < 4.78 is 13.0. The zero-order chi connectivity index (χ0) is 11.8. The number of hydrogen-bond donors (Lipinski definition) is 1. The van der Waals surface area contributed by atoms with Crippen LogP contribution in [0.3, 0.4) is 0 Å². The van der Waals surface area contributed by atoms with E-state index < -0.39 is 12.7 Å². The lowest BCUT2D eigenvalue weighted by Crippen LogP contribution is -2.36. The van der Waals surface area contributed by atoms with Crippen molar-refractivity contribution < 1.29 is 9.67 Å². The second-order valence-electron chi connectivity index (χ2n) is 5.17. The third-order valence-corrected chi connectivity index (χ3v) is 7.53. The summed E-state index contributed by atoms with van der Waals surface area (Å²) >= 11 is 0. The Balaban J connectivity index is 2.42. The third-order valence-electron chi connectivity index (χ3n) is 3.48. The zero-order valence-electron chi connectivity index (χ0n) is 9.89. The van der Waals surface area contributed by atoms with Crippen LogP contribution in [-0.4, -0.2) is 22.5 Å². The smallest absolute Gasteiger partial charge is 0.121 e. The van der Waals surface area contributed by atoms with Crippen molar-refractivity contribution in [3.63, 3.8) is 0 Å². The second kappa shape index (κ2) is 4.01. The summed E-state index contributed by atoms with van der Waals surface area (Å²) in [5.74, 6) is 0. The van der Waals surface area contributed by atoms with Gasteiger partial charge in [0, 0.05) is 17.1 Å². The quantitative estimate of drug-likeness (QED) is 0.804. The van der Waals surface area contributed by atoms with E-state index in [9.17, 15) is 9.67 Å². The molecule has 2 nitrogen and oxygen atoms in total. The standard InChI is InChI=1S/C13H19O2P/c1-13(2,14)12-9-6-10-16(12,15)11-7-4-3-5-8-11/h3-5,7-8,12,14H,6,9-10H2,1-2H3/t12?,16-/m0/s1. The molecule has 0 aliphatic carbocycles. The molecule has 0 bridgehead atoms. The van der Waals surface area contributed by atoms with Crippen LogP contribution < -0.4 is 5.30 Å². The molecule has 0 radical (unpaired) electrons. The Bertz CT molecular complexity index is 406. The summed E-state index contributed by atoms with van der Waals surface area (Å²) in [4.78, 5) is 0. The van der Waals surface area contributed by atoms with E-state index in [4.69, 9.17) is 0 Å². The van der Waals surface area contributed by atoms with Gasteiger partial charge in [0.2, 0.25) is 0 Å². The molecule has 0 amide bonds. The molecule has 0 aromatic heterocycles. The van der Waals surface area contributed by atoms with Gasteiger partial charge in [-0.3, -0.25) is 0 Å². The molecule has 3 heteroatoms. The molecule has 88 valence electrons. The fourth-order valence-corrected chi connectivity index (χ4v) is 6.62. The van der Waals surface area contributed by atoms with Crippen LogP contribution in [0.15, 0.2) is 30.3 Å². The van der Waals surface area contributed by atoms with Gasteiger partial charge in [-0.05, 0) is 26.7 Å². The highest BCUT2D eigenvalue weighted by Crippen LogP contribution is 2.60. The van der Waals surface area contributed by atoms with E-state index in [0.717, 1.165) is 24.3 Å². The molecule has 1 N–H and O–H groups in total. The van der Waals surface area contributed by atoms with Crippen molar-refractivity contribution in [3.8, 4) is 0 Å². The molecule has 1 aliphatic heterocycles. The van der Waals surface area contributed by atoms with E-state index in [1.165, 1.54) is 0 Å². The summed E-state index contributed by atoms with van der Waals surface area (Å²) in [6.07, 6.45) is 2.57. The lowest BCUT2D eigenvalue weighted by atomic mass is 10.0. The highest BCUT2D eigenvalue weighted by Gasteiger charge is 2.46. The summed E-state index contributed by atoms with van der Waals surface area (Å²) in [5.41, 5.74) is -0.926. The fourth-order valence-electron chi connectivity index (χ4n) is 2.74. The van der Waals surface area contributed by atoms with E-state index in [1.54, 1.807) is 13.8 Å². The second-order valence-corrected chi connectivity index (χ2v) is 8.34. The van der Waals surface area contributed by atoms with Gasteiger partial charge in [0.05, 0.1) is 5.60 Å². The molecule has 2 rings (SSSR count). The van der Waals surface area contributed by atoms with Crippen molar-refractivity contribution in [1.29, 1.82) is 0 Å². The van der Waals surface area contributed by atoms with Crippen LogP contribution in [0.5, 0.6) is 0 Å². The molecule has 1 aliphatic rings. The molecule has 1 aromatic carbocycles. The van der Waals surface area contributed by atoms with E-state index >= 15 is 0 Å².